The molecule has 1 heterocycles. The van der Waals surface area contributed by atoms with Crippen LogP contribution in [0.1, 0.15) is 57.8 Å². The van der Waals surface area contributed by atoms with Crippen molar-refractivity contribution in [3.63, 3.8) is 0 Å². The Morgan fingerprint density at radius 3 is 2.44 bits per heavy atom. The van der Waals surface area contributed by atoms with Crippen LogP contribution in [0.5, 0.6) is 0 Å². The summed E-state index contributed by atoms with van der Waals surface area (Å²) in [5.74, 6) is 0.188. The van der Waals surface area contributed by atoms with Crippen LogP contribution in [-0.2, 0) is 9.59 Å². The van der Waals surface area contributed by atoms with Crippen molar-refractivity contribution in [2.24, 2.45) is 0 Å². The average Bonchev–Trinajstić information content (AvgIpc) is 2.79. The van der Waals surface area contributed by atoms with Gasteiger partial charge in [0.15, 0.2) is 0 Å². The first-order chi connectivity index (χ1) is 8.74. The molecule has 0 bridgehead atoms. The number of aliphatic hydroxyl groups is 1. The summed E-state index contributed by atoms with van der Waals surface area (Å²) in [6.07, 6.45) is 9.12. The highest BCUT2D eigenvalue weighted by Crippen LogP contribution is 2.13. The highest BCUT2D eigenvalue weighted by Gasteiger charge is 2.23. The van der Waals surface area contributed by atoms with Gasteiger partial charge < -0.3 is 14.8 Å². The third-order valence-corrected chi connectivity index (χ3v) is 3.48. The molecule has 0 aromatic heterocycles. The molecule has 1 saturated heterocycles. The first-order valence-corrected chi connectivity index (χ1v) is 7.13. The zero-order valence-corrected chi connectivity index (χ0v) is 11.1. The van der Waals surface area contributed by atoms with Crippen LogP contribution >= 0.6 is 0 Å². The van der Waals surface area contributed by atoms with Gasteiger partial charge in [0.05, 0.1) is 6.10 Å². The van der Waals surface area contributed by atoms with Crippen LogP contribution in [0, 0.1) is 0 Å². The summed E-state index contributed by atoms with van der Waals surface area (Å²) < 4.78 is 0. The fourth-order valence-corrected chi connectivity index (χ4v) is 2.34. The predicted octanol–water partition coefficient (Wildman–Crippen LogP) is 1.90. The number of carbonyl (C=O) groups excluding carboxylic acids is 2. The lowest BCUT2D eigenvalue weighted by Gasteiger charge is -2.15. The van der Waals surface area contributed by atoms with Crippen LogP contribution in [0.3, 0.4) is 0 Å². The van der Waals surface area contributed by atoms with E-state index in [1.165, 1.54) is 0 Å². The van der Waals surface area contributed by atoms with Gasteiger partial charge in [0.2, 0.25) is 5.91 Å². The van der Waals surface area contributed by atoms with Crippen LogP contribution in [0.4, 0.5) is 0 Å². The van der Waals surface area contributed by atoms with Crippen LogP contribution in [-0.4, -0.2) is 41.4 Å². The summed E-state index contributed by atoms with van der Waals surface area (Å²) in [5.41, 5.74) is 0. The Hall–Kier alpha value is -0.900. The Morgan fingerprint density at radius 1 is 1.17 bits per heavy atom. The number of rotatable bonds is 9. The number of aldehydes is 1. The second kappa shape index (κ2) is 9.09. The molecule has 0 spiro atoms. The molecule has 1 N–H and O–H groups in total. The monoisotopic (exact) mass is 255 g/mol. The van der Waals surface area contributed by atoms with E-state index in [-0.39, 0.29) is 12.0 Å². The number of hydrogen-bond donors (Lipinski definition) is 1. The van der Waals surface area contributed by atoms with Gasteiger partial charge in [-0.3, -0.25) is 4.79 Å². The summed E-state index contributed by atoms with van der Waals surface area (Å²) in [7, 11) is 0. The molecular weight excluding hydrogens is 230 g/mol. The molecule has 0 aliphatic carbocycles. The van der Waals surface area contributed by atoms with Gasteiger partial charge >= 0.3 is 0 Å². The molecule has 1 fully saturated rings. The molecule has 18 heavy (non-hydrogen) atoms. The lowest BCUT2D eigenvalue weighted by atomic mass is 10.1. The van der Waals surface area contributed by atoms with Crippen molar-refractivity contribution in [2.45, 2.75) is 63.9 Å². The van der Waals surface area contributed by atoms with Gasteiger partial charge in [-0.15, -0.1) is 0 Å². The zero-order chi connectivity index (χ0) is 13.2. The SMILES string of the molecule is O=CCCCCCCCCC(=O)N1CCC(O)C1. The van der Waals surface area contributed by atoms with Crippen molar-refractivity contribution in [2.75, 3.05) is 13.1 Å². The van der Waals surface area contributed by atoms with E-state index in [9.17, 15) is 14.7 Å². The molecule has 0 radical (unpaired) electrons. The highest BCUT2D eigenvalue weighted by atomic mass is 16.3. The van der Waals surface area contributed by atoms with Crippen molar-refractivity contribution in [3.8, 4) is 0 Å². The molecule has 1 rings (SSSR count). The van der Waals surface area contributed by atoms with Crippen LogP contribution in [0.25, 0.3) is 0 Å². The Bertz CT molecular complexity index is 255. The summed E-state index contributed by atoms with van der Waals surface area (Å²) in [5, 5.41) is 9.34. The number of amides is 1. The molecule has 4 nitrogen and oxygen atoms in total. The third-order valence-electron chi connectivity index (χ3n) is 3.48. The van der Waals surface area contributed by atoms with E-state index < -0.39 is 0 Å². The van der Waals surface area contributed by atoms with Gasteiger partial charge in [0.1, 0.15) is 6.29 Å². The molecule has 1 aliphatic heterocycles. The summed E-state index contributed by atoms with van der Waals surface area (Å²) in [6, 6.07) is 0. The topological polar surface area (TPSA) is 57.6 Å². The number of aliphatic hydroxyl groups excluding tert-OH is 1. The summed E-state index contributed by atoms with van der Waals surface area (Å²) in [6.45, 7) is 1.23. The standard InChI is InChI=1S/C14H25NO3/c16-11-7-5-3-1-2-4-6-8-14(18)15-10-9-13(17)12-15/h11,13,17H,1-10,12H2. The molecule has 0 saturated carbocycles. The maximum Gasteiger partial charge on any atom is 0.222 e. The molecule has 0 aromatic carbocycles. The van der Waals surface area contributed by atoms with Gasteiger partial charge in [0.25, 0.3) is 0 Å². The molecular formula is C14H25NO3. The minimum atomic E-state index is -0.313. The lowest BCUT2D eigenvalue weighted by Crippen LogP contribution is -2.29. The fraction of sp³-hybridized carbons (Fsp3) is 0.857. The van der Waals surface area contributed by atoms with Crippen molar-refractivity contribution in [3.05, 3.63) is 0 Å². The minimum Gasteiger partial charge on any atom is -0.391 e. The van der Waals surface area contributed by atoms with E-state index in [4.69, 9.17) is 0 Å². The first-order valence-electron chi connectivity index (χ1n) is 7.13. The lowest BCUT2D eigenvalue weighted by molar-refractivity contribution is -0.130. The van der Waals surface area contributed by atoms with Crippen molar-refractivity contribution in [1.82, 2.24) is 4.90 Å². The van der Waals surface area contributed by atoms with Gasteiger partial charge in [0, 0.05) is 25.9 Å². The van der Waals surface area contributed by atoms with Crippen LogP contribution in [0.2, 0.25) is 0 Å². The Morgan fingerprint density at radius 2 is 1.83 bits per heavy atom. The Kier molecular flexibility index (Phi) is 7.65. The second-order valence-corrected chi connectivity index (χ2v) is 5.11. The summed E-state index contributed by atoms with van der Waals surface area (Å²) >= 11 is 0. The second-order valence-electron chi connectivity index (χ2n) is 5.11. The number of nitrogens with zero attached hydrogens (tertiary/aromatic N) is 1. The predicted molar refractivity (Wildman–Crippen MR) is 70.2 cm³/mol. The summed E-state index contributed by atoms with van der Waals surface area (Å²) in [4.78, 5) is 23.6. The maximum absolute atomic E-state index is 11.7. The van der Waals surface area contributed by atoms with Crippen molar-refractivity contribution < 1.29 is 14.7 Å². The quantitative estimate of drug-likeness (QED) is 0.505. The smallest absolute Gasteiger partial charge is 0.222 e. The number of likely N-dealkylation sites (tertiary alicyclic amines) is 1. The minimum absolute atomic E-state index is 0.188. The molecule has 1 atom stereocenters. The Labute approximate surface area is 109 Å². The van der Waals surface area contributed by atoms with Crippen molar-refractivity contribution in [1.29, 1.82) is 0 Å². The van der Waals surface area contributed by atoms with Gasteiger partial charge in [-0.1, -0.05) is 25.7 Å². The van der Waals surface area contributed by atoms with E-state index in [0.29, 0.717) is 25.9 Å². The largest absolute Gasteiger partial charge is 0.391 e. The molecule has 1 aliphatic rings. The van der Waals surface area contributed by atoms with E-state index in [2.05, 4.69) is 0 Å². The zero-order valence-electron chi connectivity index (χ0n) is 11.1. The molecule has 1 amide bonds. The van der Waals surface area contributed by atoms with Crippen molar-refractivity contribution >= 4 is 12.2 Å². The number of β-amino-alcohol motifs (C(OH)–C–C–N with tert-alkyl or cyclic N) is 1. The first kappa shape index (κ1) is 15.2. The number of hydrogen-bond acceptors (Lipinski definition) is 3. The fourth-order valence-electron chi connectivity index (χ4n) is 2.34. The third kappa shape index (κ3) is 6.15. The van der Waals surface area contributed by atoms with Gasteiger partial charge in [-0.05, 0) is 19.3 Å². The highest BCUT2D eigenvalue weighted by molar-refractivity contribution is 5.76. The van der Waals surface area contributed by atoms with Gasteiger partial charge in [-0.25, -0.2) is 0 Å². The molecule has 1 unspecified atom stereocenters. The maximum atomic E-state index is 11.7. The molecule has 104 valence electrons. The van der Waals surface area contributed by atoms with E-state index in [1.807, 2.05) is 0 Å². The van der Waals surface area contributed by atoms with Crippen LogP contribution < -0.4 is 0 Å². The Balaban J connectivity index is 1.91. The molecule has 0 aromatic rings. The van der Waals surface area contributed by atoms with E-state index >= 15 is 0 Å². The van der Waals surface area contributed by atoms with Gasteiger partial charge in [-0.2, -0.15) is 0 Å². The van der Waals surface area contributed by atoms with E-state index in [1.54, 1.807) is 4.90 Å². The average molecular weight is 255 g/mol. The number of unbranched alkanes of at least 4 members (excludes halogenated alkanes) is 6. The molecule has 4 heteroatoms. The number of carbonyl (C=O) groups is 2. The van der Waals surface area contributed by atoms with E-state index in [0.717, 1.165) is 51.2 Å². The van der Waals surface area contributed by atoms with Crippen LogP contribution in [0.15, 0.2) is 0 Å². The normalized spacial score (nSPS) is 19.2.